The third-order valence-corrected chi connectivity index (χ3v) is 8.69. The number of rotatable bonds is 9. The number of hydrogen-bond acceptors (Lipinski definition) is 9. The topological polar surface area (TPSA) is 120 Å². The van der Waals surface area contributed by atoms with E-state index >= 15 is 0 Å². The van der Waals surface area contributed by atoms with Crippen LogP contribution in [0.15, 0.2) is 53.4 Å². The Morgan fingerprint density at radius 1 is 0.947 bits per heavy atom. The van der Waals surface area contributed by atoms with Gasteiger partial charge in [0.1, 0.15) is 10.8 Å². The number of esters is 1. The van der Waals surface area contributed by atoms with Crippen LogP contribution in [0.4, 0.5) is 16.6 Å². The van der Waals surface area contributed by atoms with Crippen LogP contribution in [-0.4, -0.2) is 37.6 Å². The van der Waals surface area contributed by atoms with Crippen LogP contribution in [0.2, 0.25) is 0 Å². The first-order chi connectivity index (χ1) is 18.4. The minimum absolute atomic E-state index is 0.0266. The van der Waals surface area contributed by atoms with E-state index < -0.39 is 16.0 Å². The predicted octanol–water partition coefficient (Wildman–Crippen LogP) is 5.69. The molecule has 0 spiro atoms. The lowest BCUT2D eigenvalue weighted by molar-refractivity contribution is 0.0526. The Balaban J connectivity index is 1.56. The van der Waals surface area contributed by atoms with Crippen molar-refractivity contribution in [1.82, 2.24) is 9.97 Å². The van der Waals surface area contributed by atoms with Crippen LogP contribution in [0, 0.1) is 0 Å². The van der Waals surface area contributed by atoms with Crippen LogP contribution in [0.5, 0.6) is 5.75 Å². The van der Waals surface area contributed by atoms with Gasteiger partial charge in [-0.25, -0.2) is 23.2 Å². The van der Waals surface area contributed by atoms with E-state index in [2.05, 4.69) is 20.0 Å². The van der Waals surface area contributed by atoms with Crippen molar-refractivity contribution >= 4 is 55.0 Å². The van der Waals surface area contributed by atoms with Gasteiger partial charge < -0.3 is 14.8 Å². The quantitative estimate of drug-likeness (QED) is 0.254. The summed E-state index contributed by atoms with van der Waals surface area (Å²) in [6.07, 6.45) is 3.73. The molecule has 2 aromatic heterocycles. The first-order valence-corrected chi connectivity index (χ1v) is 14.8. The number of nitrogens with one attached hydrogen (secondary N) is 2. The highest BCUT2D eigenvalue weighted by Gasteiger charge is 2.28. The average Bonchev–Trinajstić information content (AvgIpc) is 3.27. The van der Waals surface area contributed by atoms with Gasteiger partial charge in [-0.15, -0.1) is 11.3 Å². The second-order valence-corrected chi connectivity index (χ2v) is 11.5. The Morgan fingerprint density at radius 3 is 2.32 bits per heavy atom. The molecule has 0 fully saturated rings. The van der Waals surface area contributed by atoms with E-state index in [4.69, 9.17) is 9.47 Å². The van der Waals surface area contributed by atoms with Crippen LogP contribution >= 0.6 is 11.3 Å². The van der Waals surface area contributed by atoms with Gasteiger partial charge in [0, 0.05) is 4.88 Å². The molecule has 0 atom stereocenters. The van der Waals surface area contributed by atoms with Gasteiger partial charge in [0.25, 0.3) is 10.0 Å². The van der Waals surface area contributed by atoms with E-state index in [-0.39, 0.29) is 23.1 Å². The van der Waals surface area contributed by atoms with Gasteiger partial charge in [-0.05, 0) is 81.5 Å². The third kappa shape index (κ3) is 5.30. The van der Waals surface area contributed by atoms with E-state index in [1.165, 1.54) is 23.5 Å². The second-order valence-electron chi connectivity index (χ2n) is 8.68. The summed E-state index contributed by atoms with van der Waals surface area (Å²) in [6, 6.07) is 13.3. The highest BCUT2D eigenvalue weighted by molar-refractivity contribution is 7.92. The lowest BCUT2D eigenvalue weighted by Crippen LogP contribution is -2.16. The molecule has 9 nitrogen and oxygen atoms in total. The number of anilines is 3. The first-order valence-electron chi connectivity index (χ1n) is 12.5. The van der Waals surface area contributed by atoms with Crippen LogP contribution in [0.1, 0.15) is 47.5 Å². The van der Waals surface area contributed by atoms with Gasteiger partial charge >= 0.3 is 5.97 Å². The van der Waals surface area contributed by atoms with E-state index in [1.54, 1.807) is 37.3 Å². The van der Waals surface area contributed by atoms with Gasteiger partial charge in [0.2, 0.25) is 0 Å². The summed E-state index contributed by atoms with van der Waals surface area (Å²) in [4.78, 5) is 23.4. The van der Waals surface area contributed by atoms with Crippen molar-refractivity contribution in [2.24, 2.45) is 0 Å². The summed E-state index contributed by atoms with van der Waals surface area (Å²) < 4.78 is 40.0. The Labute approximate surface area is 225 Å². The zero-order chi connectivity index (χ0) is 26.7. The lowest BCUT2D eigenvalue weighted by Gasteiger charge is -2.15. The molecule has 11 heteroatoms. The summed E-state index contributed by atoms with van der Waals surface area (Å²) >= 11 is 1.47. The average molecular weight is 553 g/mol. The largest absolute Gasteiger partial charge is 0.494 e. The van der Waals surface area contributed by atoms with Crippen LogP contribution in [0.3, 0.4) is 0 Å². The monoisotopic (exact) mass is 552 g/mol. The molecule has 0 saturated carbocycles. The summed E-state index contributed by atoms with van der Waals surface area (Å²) in [5.41, 5.74) is 2.59. The molecule has 38 heavy (non-hydrogen) atoms. The Kier molecular flexibility index (Phi) is 7.48. The number of carbonyl (C=O) groups is 1. The molecule has 4 aromatic rings. The molecule has 0 amide bonds. The lowest BCUT2D eigenvalue weighted by atomic mass is 9.95. The van der Waals surface area contributed by atoms with E-state index in [0.29, 0.717) is 34.0 Å². The standard InChI is InChI=1S/C27H28N4O5S2/c1-3-35-17-13-15-18(16-14-17)38(33,34)31-25-24(28-20-10-6-7-11-21(20)29-25)30-26-23(27(32)36-4-2)19-9-5-8-12-22(19)37-26/h6-7,10-11,13-16H,3-5,8-9,12H2,1-2H3,(H,28,30)(H,29,31). The Hall–Kier alpha value is -3.70. The van der Waals surface area contributed by atoms with E-state index in [9.17, 15) is 13.2 Å². The van der Waals surface area contributed by atoms with Crippen molar-refractivity contribution in [3.05, 3.63) is 64.5 Å². The van der Waals surface area contributed by atoms with Crippen molar-refractivity contribution in [1.29, 1.82) is 0 Å². The van der Waals surface area contributed by atoms with Crippen LogP contribution in [-0.2, 0) is 27.6 Å². The summed E-state index contributed by atoms with van der Waals surface area (Å²) in [5.74, 6) is 0.397. The maximum atomic E-state index is 13.3. The summed E-state index contributed by atoms with van der Waals surface area (Å²) in [6.45, 7) is 4.36. The van der Waals surface area contributed by atoms with E-state index in [1.807, 2.05) is 13.0 Å². The molecule has 0 radical (unpaired) electrons. The Morgan fingerprint density at radius 2 is 1.63 bits per heavy atom. The zero-order valence-corrected chi connectivity index (χ0v) is 22.7. The summed E-state index contributed by atoms with van der Waals surface area (Å²) in [7, 11) is -4.00. The minimum atomic E-state index is -4.00. The first kappa shape index (κ1) is 25.9. The van der Waals surface area contributed by atoms with Crippen molar-refractivity contribution < 1.29 is 22.7 Å². The number of carbonyl (C=O) groups excluding carboxylic acids is 1. The molecule has 0 saturated heterocycles. The molecule has 2 aromatic carbocycles. The number of aryl methyl sites for hydroxylation is 1. The number of fused-ring (bicyclic) bond motifs is 2. The zero-order valence-electron chi connectivity index (χ0n) is 21.1. The maximum absolute atomic E-state index is 13.3. The predicted molar refractivity (Wildman–Crippen MR) is 148 cm³/mol. The van der Waals surface area contributed by atoms with Crippen LogP contribution in [0.25, 0.3) is 11.0 Å². The van der Waals surface area contributed by atoms with Crippen LogP contribution < -0.4 is 14.8 Å². The molecule has 0 unspecified atom stereocenters. The number of sulfonamides is 1. The van der Waals surface area contributed by atoms with Gasteiger partial charge in [-0.3, -0.25) is 4.72 Å². The highest BCUT2D eigenvalue weighted by atomic mass is 32.2. The van der Waals surface area contributed by atoms with Gasteiger partial charge in [-0.1, -0.05) is 12.1 Å². The third-order valence-electron chi connectivity index (χ3n) is 6.13. The van der Waals surface area contributed by atoms with Gasteiger partial charge in [0.05, 0.1) is 34.7 Å². The normalized spacial score (nSPS) is 13.1. The Bertz CT molecular complexity index is 1580. The number of benzene rings is 2. The number of para-hydroxylation sites is 2. The SMILES string of the molecule is CCOC(=O)c1c(Nc2nc3ccccc3nc2NS(=O)(=O)c2ccc(OCC)cc2)sc2c1CCCC2. The smallest absolute Gasteiger partial charge is 0.341 e. The van der Waals surface area contributed by atoms with Gasteiger partial charge in [0.15, 0.2) is 11.6 Å². The maximum Gasteiger partial charge on any atom is 0.341 e. The molecule has 1 aliphatic rings. The van der Waals surface area contributed by atoms with Gasteiger partial charge in [-0.2, -0.15) is 0 Å². The number of thiophene rings is 1. The molecule has 5 rings (SSSR count). The van der Waals surface area contributed by atoms with E-state index in [0.717, 1.165) is 36.1 Å². The van der Waals surface area contributed by atoms with Crippen molar-refractivity contribution in [3.8, 4) is 5.75 Å². The second kappa shape index (κ2) is 11.0. The molecule has 0 bridgehead atoms. The fourth-order valence-corrected chi connectivity index (χ4v) is 6.69. The molecule has 2 heterocycles. The highest BCUT2D eigenvalue weighted by Crippen LogP contribution is 2.41. The molecular weight excluding hydrogens is 524 g/mol. The molecule has 2 N–H and O–H groups in total. The number of nitrogens with zero attached hydrogens (tertiary/aromatic N) is 2. The molecule has 1 aliphatic carbocycles. The molecule has 0 aliphatic heterocycles. The minimum Gasteiger partial charge on any atom is -0.494 e. The fourth-order valence-electron chi connectivity index (χ4n) is 4.41. The van der Waals surface area contributed by atoms with Crippen molar-refractivity contribution in [2.75, 3.05) is 23.3 Å². The summed E-state index contributed by atoms with van der Waals surface area (Å²) in [5, 5.41) is 3.80. The molecular formula is C27H28N4O5S2. The number of hydrogen-bond donors (Lipinski definition) is 2. The number of aromatic nitrogens is 2. The van der Waals surface area contributed by atoms with Crippen molar-refractivity contribution in [3.63, 3.8) is 0 Å². The molecule has 198 valence electrons. The number of ether oxygens (including phenoxy) is 2. The fraction of sp³-hybridized carbons (Fsp3) is 0.296. The van der Waals surface area contributed by atoms with Crippen molar-refractivity contribution in [2.45, 2.75) is 44.4 Å².